The largest absolute Gasteiger partial charge is 0.495 e. The normalized spacial score (nSPS) is 9.90. The topological polar surface area (TPSA) is 45.0 Å². The summed E-state index contributed by atoms with van der Waals surface area (Å²) in [5.41, 5.74) is 2.08. The second-order valence-corrected chi connectivity index (χ2v) is 4.98. The van der Waals surface area contributed by atoms with Crippen molar-refractivity contribution in [3.05, 3.63) is 57.8 Å². The number of ether oxygens (including phenoxy) is 1. The molecule has 0 fully saturated rings. The minimum absolute atomic E-state index is 0.317. The molecule has 0 aliphatic rings. The molecular weight excluding hydrogens is 323 g/mol. The van der Waals surface area contributed by atoms with Gasteiger partial charge in [0.2, 0.25) is 0 Å². The summed E-state index contributed by atoms with van der Waals surface area (Å²) in [4.78, 5) is 0. The van der Waals surface area contributed by atoms with Crippen LogP contribution >= 0.6 is 15.9 Å². The highest BCUT2D eigenvalue weighted by atomic mass is 79.9. The molecule has 0 spiro atoms. The summed E-state index contributed by atoms with van der Waals surface area (Å²) in [6, 6.07) is 12.3. The first-order chi connectivity index (χ1) is 9.63. The summed E-state index contributed by atoms with van der Waals surface area (Å²) in [6.45, 7) is 0.500. The standard InChI is InChI=1S/C15H12BrFN2O/c1-20-15-5-2-10(6-11(15)8-18)9-19-12-3-4-13(16)14(17)7-12/h2-7,19H,9H2,1H3. The van der Waals surface area contributed by atoms with Crippen molar-refractivity contribution in [3.63, 3.8) is 0 Å². The van der Waals surface area contributed by atoms with E-state index in [1.807, 2.05) is 6.07 Å². The number of nitriles is 1. The summed E-state index contributed by atoms with van der Waals surface area (Å²) >= 11 is 3.11. The second kappa shape index (κ2) is 6.40. The molecule has 20 heavy (non-hydrogen) atoms. The van der Waals surface area contributed by atoms with Crippen LogP contribution in [-0.2, 0) is 6.54 Å². The predicted octanol–water partition coefficient (Wildman–Crippen LogP) is 4.08. The Kier molecular flexibility index (Phi) is 4.59. The molecule has 2 rings (SSSR count). The van der Waals surface area contributed by atoms with Crippen LogP contribution in [0.3, 0.4) is 0 Å². The van der Waals surface area contributed by atoms with E-state index in [1.165, 1.54) is 13.2 Å². The Bertz CT molecular complexity index is 667. The van der Waals surface area contributed by atoms with Crippen molar-refractivity contribution in [2.45, 2.75) is 6.54 Å². The third-order valence-corrected chi connectivity index (χ3v) is 3.44. The minimum atomic E-state index is -0.317. The molecule has 2 aromatic carbocycles. The molecule has 0 atom stereocenters. The average Bonchev–Trinajstić information content (AvgIpc) is 2.48. The van der Waals surface area contributed by atoms with Crippen LogP contribution in [0.1, 0.15) is 11.1 Å². The Balaban J connectivity index is 2.11. The summed E-state index contributed by atoms with van der Waals surface area (Å²) in [6.07, 6.45) is 0. The van der Waals surface area contributed by atoms with Crippen molar-refractivity contribution >= 4 is 21.6 Å². The van der Waals surface area contributed by atoms with E-state index in [2.05, 4.69) is 27.3 Å². The average molecular weight is 335 g/mol. The zero-order valence-corrected chi connectivity index (χ0v) is 12.4. The molecule has 0 amide bonds. The Hall–Kier alpha value is -2.06. The number of hydrogen-bond donors (Lipinski definition) is 1. The minimum Gasteiger partial charge on any atom is -0.495 e. The lowest BCUT2D eigenvalue weighted by Gasteiger charge is -2.09. The van der Waals surface area contributed by atoms with E-state index in [1.54, 1.807) is 24.3 Å². The van der Waals surface area contributed by atoms with Crippen molar-refractivity contribution in [3.8, 4) is 11.8 Å². The molecule has 2 aromatic rings. The van der Waals surface area contributed by atoms with Crippen LogP contribution in [0.5, 0.6) is 5.75 Å². The monoisotopic (exact) mass is 334 g/mol. The van der Waals surface area contributed by atoms with E-state index in [0.717, 1.165) is 5.56 Å². The molecule has 0 aliphatic carbocycles. The Morgan fingerprint density at radius 3 is 2.75 bits per heavy atom. The van der Waals surface area contributed by atoms with Gasteiger partial charge in [-0.25, -0.2) is 4.39 Å². The molecule has 0 saturated carbocycles. The first-order valence-corrected chi connectivity index (χ1v) is 6.69. The maximum atomic E-state index is 13.4. The van der Waals surface area contributed by atoms with Gasteiger partial charge in [0.05, 0.1) is 17.1 Å². The second-order valence-electron chi connectivity index (χ2n) is 4.13. The van der Waals surface area contributed by atoms with Gasteiger partial charge in [-0.15, -0.1) is 0 Å². The number of nitrogens with zero attached hydrogens (tertiary/aromatic N) is 1. The molecular formula is C15H12BrFN2O. The molecule has 102 valence electrons. The van der Waals surface area contributed by atoms with Gasteiger partial charge in [0.1, 0.15) is 17.6 Å². The van der Waals surface area contributed by atoms with E-state index in [-0.39, 0.29) is 5.82 Å². The van der Waals surface area contributed by atoms with E-state index < -0.39 is 0 Å². The molecule has 0 aliphatic heterocycles. The third-order valence-electron chi connectivity index (χ3n) is 2.80. The van der Waals surface area contributed by atoms with Crippen LogP contribution in [0.4, 0.5) is 10.1 Å². The van der Waals surface area contributed by atoms with Crippen LogP contribution in [0.15, 0.2) is 40.9 Å². The van der Waals surface area contributed by atoms with Gasteiger partial charge in [0.15, 0.2) is 0 Å². The van der Waals surface area contributed by atoms with Crippen molar-refractivity contribution in [1.29, 1.82) is 5.26 Å². The fourth-order valence-corrected chi connectivity index (χ4v) is 2.01. The quantitative estimate of drug-likeness (QED) is 0.916. The Labute approximate surface area is 125 Å². The van der Waals surface area contributed by atoms with Gasteiger partial charge in [-0.1, -0.05) is 6.07 Å². The van der Waals surface area contributed by atoms with Gasteiger partial charge in [-0.05, 0) is 51.8 Å². The molecule has 0 aromatic heterocycles. The van der Waals surface area contributed by atoms with Gasteiger partial charge < -0.3 is 10.1 Å². The van der Waals surface area contributed by atoms with E-state index in [4.69, 9.17) is 10.00 Å². The van der Waals surface area contributed by atoms with Crippen LogP contribution < -0.4 is 10.1 Å². The van der Waals surface area contributed by atoms with Gasteiger partial charge >= 0.3 is 0 Å². The molecule has 3 nitrogen and oxygen atoms in total. The molecule has 0 radical (unpaired) electrons. The smallest absolute Gasteiger partial charge is 0.139 e. The first-order valence-electron chi connectivity index (χ1n) is 5.90. The highest BCUT2D eigenvalue weighted by molar-refractivity contribution is 9.10. The molecule has 0 unspecified atom stereocenters. The number of rotatable bonds is 4. The van der Waals surface area contributed by atoms with Crippen molar-refractivity contribution in [1.82, 2.24) is 0 Å². The fourth-order valence-electron chi connectivity index (χ4n) is 1.76. The summed E-state index contributed by atoms with van der Waals surface area (Å²) in [7, 11) is 1.53. The lowest BCUT2D eigenvalue weighted by molar-refractivity contribution is 0.413. The van der Waals surface area contributed by atoms with Crippen LogP contribution in [0, 0.1) is 17.1 Å². The lowest BCUT2D eigenvalue weighted by atomic mass is 10.1. The van der Waals surface area contributed by atoms with Crippen LogP contribution in [0.2, 0.25) is 0 Å². The number of benzene rings is 2. The number of nitrogens with one attached hydrogen (secondary N) is 1. The van der Waals surface area contributed by atoms with E-state index in [0.29, 0.717) is 28.0 Å². The molecule has 0 bridgehead atoms. The highest BCUT2D eigenvalue weighted by Gasteiger charge is 2.04. The van der Waals surface area contributed by atoms with E-state index in [9.17, 15) is 4.39 Å². The molecule has 0 heterocycles. The maximum absolute atomic E-state index is 13.4. The predicted molar refractivity (Wildman–Crippen MR) is 79.1 cm³/mol. The number of methoxy groups -OCH3 is 1. The third kappa shape index (κ3) is 3.28. The van der Waals surface area contributed by atoms with E-state index >= 15 is 0 Å². The van der Waals surface area contributed by atoms with Gasteiger partial charge in [0, 0.05) is 12.2 Å². The zero-order chi connectivity index (χ0) is 14.5. The van der Waals surface area contributed by atoms with Gasteiger partial charge in [0.25, 0.3) is 0 Å². The summed E-state index contributed by atoms with van der Waals surface area (Å²) in [5.74, 6) is 0.230. The first kappa shape index (κ1) is 14.4. The Morgan fingerprint density at radius 1 is 1.30 bits per heavy atom. The summed E-state index contributed by atoms with van der Waals surface area (Å²) < 4.78 is 18.9. The van der Waals surface area contributed by atoms with Crippen LogP contribution in [-0.4, -0.2) is 7.11 Å². The molecule has 1 N–H and O–H groups in total. The maximum Gasteiger partial charge on any atom is 0.139 e. The fraction of sp³-hybridized carbons (Fsp3) is 0.133. The van der Waals surface area contributed by atoms with Crippen molar-refractivity contribution in [2.24, 2.45) is 0 Å². The zero-order valence-electron chi connectivity index (χ0n) is 10.8. The SMILES string of the molecule is COc1ccc(CNc2ccc(Br)c(F)c2)cc1C#N. The van der Waals surface area contributed by atoms with Gasteiger partial charge in [-0.2, -0.15) is 5.26 Å². The van der Waals surface area contributed by atoms with Crippen molar-refractivity contribution in [2.75, 3.05) is 12.4 Å². The highest BCUT2D eigenvalue weighted by Crippen LogP contribution is 2.21. The van der Waals surface area contributed by atoms with Gasteiger partial charge in [-0.3, -0.25) is 0 Å². The number of hydrogen-bond acceptors (Lipinski definition) is 3. The molecule has 5 heteroatoms. The number of halogens is 2. The number of anilines is 1. The lowest BCUT2D eigenvalue weighted by Crippen LogP contribution is -2.00. The Morgan fingerprint density at radius 2 is 2.10 bits per heavy atom. The van der Waals surface area contributed by atoms with Crippen LogP contribution in [0.25, 0.3) is 0 Å². The molecule has 0 saturated heterocycles. The van der Waals surface area contributed by atoms with Crippen molar-refractivity contribution < 1.29 is 9.13 Å². The summed E-state index contributed by atoms with van der Waals surface area (Å²) in [5, 5.41) is 12.1.